The van der Waals surface area contributed by atoms with Gasteiger partial charge in [0, 0.05) is 33.1 Å². The Labute approximate surface area is 159 Å². The zero-order valence-electron chi connectivity index (χ0n) is 14.9. The maximum atomic E-state index is 11.6. The molecule has 0 fully saturated rings. The second kappa shape index (κ2) is 7.25. The molecule has 0 radical (unpaired) electrons. The van der Waals surface area contributed by atoms with E-state index in [-0.39, 0.29) is 0 Å². The maximum Gasteiger partial charge on any atom is 0.247 e. The third-order valence-electron chi connectivity index (χ3n) is 4.20. The normalized spacial score (nSPS) is 12.1. The first-order chi connectivity index (χ1) is 13.1. The molecule has 0 amide bonds. The fourth-order valence-electron chi connectivity index (χ4n) is 2.73. The standard InChI is InChI=1S/C21H17N3O2S/c1-14-20(21-23-13-19(26-21)16-6-4-3-5-7-16)24-18(12-22-14)15-8-10-17(11-9-15)27(2)25/h3-13H,1-2H3. The van der Waals surface area contributed by atoms with Gasteiger partial charge in [-0.05, 0) is 19.1 Å². The Morgan fingerprint density at radius 1 is 0.889 bits per heavy atom. The Kier molecular flexibility index (Phi) is 4.64. The lowest BCUT2D eigenvalue weighted by Gasteiger charge is -2.06. The van der Waals surface area contributed by atoms with Crippen LogP contribution in [0.25, 0.3) is 34.2 Å². The van der Waals surface area contributed by atoms with Gasteiger partial charge in [0.25, 0.3) is 0 Å². The summed E-state index contributed by atoms with van der Waals surface area (Å²) in [5.74, 6) is 1.12. The smallest absolute Gasteiger partial charge is 0.247 e. The van der Waals surface area contributed by atoms with Gasteiger partial charge in [-0.15, -0.1) is 0 Å². The Balaban J connectivity index is 1.71. The highest BCUT2D eigenvalue weighted by molar-refractivity contribution is 7.84. The predicted octanol–water partition coefficient (Wildman–Crippen LogP) is 4.51. The molecular weight excluding hydrogens is 358 g/mol. The minimum absolute atomic E-state index is 0.437. The first-order valence-electron chi connectivity index (χ1n) is 8.41. The number of rotatable bonds is 4. The summed E-state index contributed by atoms with van der Waals surface area (Å²) in [6.45, 7) is 1.88. The van der Waals surface area contributed by atoms with Crippen molar-refractivity contribution in [3.63, 3.8) is 0 Å². The lowest BCUT2D eigenvalue weighted by atomic mass is 10.1. The first-order valence-corrected chi connectivity index (χ1v) is 9.97. The number of hydrogen-bond donors (Lipinski definition) is 0. The van der Waals surface area contributed by atoms with Gasteiger partial charge in [-0.25, -0.2) is 9.97 Å². The van der Waals surface area contributed by atoms with Crippen LogP contribution < -0.4 is 0 Å². The summed E-state index contributed by atoms with van der Waals surface area (Å²) in [6, 6.07) is 17.3. The van der Waals surface area contributed by atoms with Crippen LogP contribution in [0.3, 0.4) is 0 Å². The molecule has 0 N–H and O–H groups in total. The van der Waals surface area contributed by atoms with E-state index < -0.39 is 10.8 Å². The van der Waals surface area contributed by atoms with Gasteiger partial charge in [0.1, 0.15) is 5.69 Å². The van der Waals surface area contributed by atoms with Gasteiger partial charge in [-0.3, -0.25) is 9.19 Å². The molecule has 2 heterocycles. The summed E-state index contributed by atoms with van der Waals surface area (Å²) in [6.07, 6.45) is 5.08. The highest BCUT2D eigenvalue weighted by atomic mass is 32.2. The van der Waals surface area contributed by atoms with E-state index in [9.17, 15) is 4.21 Å². The molecule has 1 unspecified atom stereocenters. The molecule has 2 aromatic carbocycles. The summed E-state index contributed by atoms with van der Waals surface area (Å²) in [7, 11) is -1.01. The van der Waals surface area contributed by atoms with Gasteiger partial charge >= 0.3 is 0 Å². The van der Waals surface area contributed by atoms with Gasteiger partial charge in [0.05, 0.1) is 23.8 Å². The lowest BCUT2D eigenvalue weighted by molar-refractivity contribution is 0.585. The molecule has 4 rings (SSSR count). The SMILES string of the molecule is Cc1ncc(-c2ccc(S(C)=O)cc2)nc1-c1ncc(-c2ccccc2)o1. The van der Waals surface area contributed by atoms with Gasteiger partial charge in [0.15, 0.2) is 5.76 Å². The van der Waals surface area contributed by atoms with Gasteiger partial charge in [-0.2, -0.15) is 0 Å². The summed E-state index contributed by atoms with van der Waals surface area (Å²) < 4.78 is 17.5. The summed E-state index contributed by atoms with van der Waals surface area (Å²) in [5.41, 5.74) is 3.92. The zero-order chi connectivity index (χ0) is 18.8. The number of oxazole rings is 1. The molecule has 0 saturated carbocycles. The fourth-order valence-corrected chi connectivity index (χ4v) is 3.25. The van der Waals surface area contributed by atoms with Gasteiger partial charge in [-0.1, -0.05) is 42.5 Å². The fraction of sp³-hybridized carbons (Fsp3) is 0.0952. The first kappa shape index (κ1) is 17.3. The van der Waals surface area contributed by atoms with Gasteiger partial charge < -0.3 is 4.42 Å². The molecule has 0 spiro atoms. The monoisotopic (exact) mass is 375 g/mol. The van der Waals surface area contributed by atoms with Crippen LogP contribution in [0.1, 0.15) is 5.69 Å². The Bertz CT molecular complexity index is 1110. The largest absolute Gasteiger partial charge is 0.435 e. The van der Waals surface area contributed by atoms with Crippen molar-refractivity contribution >= 4 is 10.8 Å². The number of hydrogen-bond acceptors (Lipinski definition) is 5. The predicted molar refractivity (Wildman–Crippen MR) is 105 cm³/mol. The van der Waals surface area contributed by atoms with Crippen molar-refractivity contribution in [3.8, 4) is 34.2 Å². The minimum atomic E-state index is -1.01. The Hall–Kier alpha value is -3.12. The van der Waals surface area contributed by atoms with E-state index in [2.05, 4.69) is 9.97 Å². The highest BCUT2D eigenvalue weighted by Crippen LogP contribution is 2.28. The third kappa shape index (κ3) is 3.57. The maximum absolute atomic E-state index is 11.6. The molecule has 27 heavy (non-hydrogen) atoms. The van der Waals surface area contributed by atoms with Crippen LogP contribution >= 0.6 is 0 Å². The molecule has 4 aromatic rings. The average molecular weight is 375 g/mol. The molecule has 134 valence electrons. The molecule has 0 aliphatic rings. The topological polar surface area (TPSA) is 68.9 Å². The highest BCUT2D eigenvalue weighted by Gasteiger charge is 2.15. The van der Waals surface area contributed by atoms with Crippen molar-refractivity contribution in [1.82, 2.24) is 15.0 Å². The summed E-state index contributed by atoms with van der Waals surface area (Å²) in [4.78, 5) is 14.3. The van der Waals surface area contributed by atoms with Crippen LogP contribution in [0.5, 0.6) is 0 Å². The van der Waals surface area contributed by atoms with Crippen molar-refractivity contribution in [2.24, 2.45) is 0 Å². The Morgan fingerprint density at radius 3 is 2.33 bits per heavy atom. The number of benzene rings is 2. The van der Waals surface area contributed by atoms with Gasteiger partial charge in [0.2, 0.25) is 5.89 Å². The van der Waals surface area contributed by atoms with Crippen LogP contribution in [0.2, 0.25) is 0 Å². The van der Waals surface area contributed by atoms with Crippen LogP contribution in [0.4, 0.5) is 0 Å². The molecule has 1 atom stereocenters. The van der Waals surface area contributed by atoms with Crippen molar-refractivity contribution < 1.29 is 8.63 Å². The second-order valence-corrected chi connectivity index (χ2v) is 7.44. The lowest BCUT2D eigenvalue weighted by Crippen LogP contribution is -1.95. The van der Waals surface area contributed by atoms with Crippen LogP contribution in [-0.4, -0.2) is 25.4 Å². The van der Waals surface area contributed by atoms with E-state index >= 15 is 0 Å². The van der Waals surface area contributed by atoms with E-state index in [0.29, 0.717) is 23.0 Å². The quantitative estimate of drug-likeness (QED) is 0.525. The molecule has 0 aliphatic carbocycles. The van der Waals surface area contributed by atoms with Crippen molar-refractivity contribution in [2.45, 2.75) is 11.8 Å². The van der Waals surface area contributed by atoms with Crippen LogP contribution in [0, 0.1) is 6.92 Å². The van der Waals surface area contributed by atoms with Crippen LogP contribution in [-0.2, 0) is 10.8 Å². The molecule has 5 nitrogen and oxygen atoms in total. The van der Waals surface area contributed by atoms with E-state index in [1.165, 1.54) is 0 Å². The molecule has 0 saturated heterocycles. The second-order valence-electron chi connectivity index (χ2n) is 6.06. The summed E-state index contributed by atoms with van der Waals surface area (Å²) >= 11 is 0. The molecule has 6 heteroatoms. The van der Waals surface area contributed by atoms with E-state index in [0.717, 1.165) is 21.7 Å². The molecule has 2 aromatic heterocycles. The molecule has 0 bridgehead atoms. The average Bonchev–Trinajstić information content (AvgIpc) is 3.19. The number of nitrogens with zero attached hydrogens (tertiary/aromatic N) is 3. The third-order valence-corrected chi connectivity index (χ3v) is 5.14. The summed E-state index contributed by atoms with van der Waals surface area (Å²) in [5, 5.41) is 0. The van der Waals surface area contributed by atoms with E-state index in [1.54, 1.807) is 18.6 Å². The number of aromatic nitrogens is 3. The van der Waals surface area contributed by atoms with Crippen LogP contribution in [0.15, 0.2) is 76.3 Å². The number of aryl methyl sites for hydroxylation is 1. The van der Waals surface area contributed by atoms with E-state index in [4.69, 9.17) is 9.40 Å². The Morgan fingerprint density at radius 2 is 1.63 bits per heavy atom. The minimum Gasteiger partial charge on any atom is -0.435 e. The van der Waals surface area contributed by atoms with Crippen molar-refractivity contribution in [1.29, 1.82) is 0 Å². The van der Waals surface area contributed by atoms with E-state index in [1.807, 2.05) is 61.5 Å². The molecular formula is C21H17N3O2S. The molecule has 0 aliphatic heterocycles. The zero-order valence-corrected chi connectivity index (χ0v) is 15.7. The van der Waals surface area contributed by atoms with Crippen molar-refractivity contribution in [2.75, 3.05) is 6.26 Å². The van der Waals surface area contributed by atoms with Crippen molar-refractivity contribution in [3.05, 3.63) is 72.7 Å².